The lowest BCUT2D eigenvalue weighted by molar-refractivity contribution is 1.10. The van der Waals surface area contributed by atoms with Crippen LogP contribution in [-0.2, 0) is 0 Å². The molecule has 3 heterocycles. The van der Waals surface area contributed by atoms with Crippen LogP contribution in [0.3, 0.4) is 0 Å². The summed E-state index contributed by atoms with van der Waals surface area (Å²) in [5.41, 5.74) is 5.16. The van der Waals surface area contributed by atoms with Crippen LogP contribution in [0.25, 0.3) is 33.9 Å². The van der Waals surface area contributed by atoms with Crippen LogP contribution >= 0.6 is 0 Å². The minimum Gasteiger partial charge on any atom is -0.361 e. The summed E-state index contributed by atoms with van der Waals surface area (Å²) in [6.45, 7) is 3.68. The Balaban J connectivity index is 1.73. The molecule has 0 saturated heterocycles. The highest BCUT2D eigenvalue weighted by molar-refractivity contribution is 5.83. The summed E-state index contributed by atoms with van der Waals surface area (Å²) < 4.78 is 1.51. The number of aryl methyl sites for hydroxylation is 1. The highest BCUT2D eigenvalue weighted by Gasteiger charge is 2.15. The molecule has 0 unspecified atom stereocenters. The third kappa shape index (κ3) is 2.54. The van der Waals surface area contributed by atoms with Gasteiger partial charge in [0.15, 0.2) is 5.65 Å². The van der Waals surface area contributed by atoms with Gasteiger partial charge in [-0.05, 0) is 49.7 Å². The number of nitriles is 1. The molecule has 0 bridgehead atoms. The second-order valence-electron chi connectivity index (χ2n) is 6.93. The maximum atomic E-state index is 13.3. The van der Waals surface area contributed by atoms with E-state index in [1.165, 1.54) is 4.40 Å². The molecular formula is C22H16N6O. The minimum absolute atomic E-state index is 0.212. The SMILES string of the molecule is Cc1nc2ccc(NC=c3c(C)c(C#N)c4nc5ccccc5n4c3=O)cc2[nH]1. The van der Waals surface area contributed by atoms with Crippen LogP contribution in [0.5, 0.6) is 0 Å². The maximum Gasteiger partial charge on any atom is 0.265 e. The number of pyridine rings is 1. The molecule has 0 amide bonds. The normalized spacial score (nSPS) is 12.1. The molecule has 5 rings (SSSR count). The number of hydrogen-bond acceptors (Lipinski definition) is 5. The van der Waals surface area contributed by atoms with Crippen molar-refractivity contribution in [2.45, 2.75) is 13.8 Å². The molecule has 3 aromatic heterocycles. The van der Waals surface area contributed by atoms with Gasteiger partial charge in [-0.2, -0.15) is 5.26 Å². The second-order valence-corrected chi connectivity index (χ2v) is 6.93. The van der Waals surface area contributed by atoms with E-state index >= 15 is 0 Å². The molecular weight excluding hydrogens is 364 g/mol. The van der Waals surface area contributed by atoms with Crippen LogP contribution in [0.2, 0.25) is 0 Å². The van der Waals surface area contributed by atoms with E-state index in [9.17, 15) is 10.1 Å². The first-order valence-corrected chi connectivity index (χ1v) is 9.14. The Morgan fingerprint density at radius 2 is 1.97 bits per heavy atom. The topological polar surface area (TPSA) is 98.9 Å². The molecule has 0 radical (unpaired) electrons. The first-order chi connectivity index (χ1) is 14.1. The highest BCUT2D eigenvalue weighted by atomic mass is 16.1. The Morgan fingerprint density at radius 3 is 2.79 bits per heavy atom. The molecule has 0 aliphatic rings. The number of anilines is 1. The van der Waals surface area contributed by atoms with Gasteiger partial charge in [0, 0.05) is 11.9 Å². The van der Waals surface area contributed by atoms with Gasteiger partial charge < -0.3 is 10.3 Å². The average Bonchev–Trinajstić information content (AvgIpc) is 3.27. The number of rotatable bonds is 2. The standard InChI is InChI=1S/C22H16N6O/c1-12-15(10-23)21-27-18-5-3-4-6-20(18)28(21)22(29)16(12)11-24-14-7-8-17-19(9-14)26-13(2)25-17/h3-9,11,24H,1-2H3,(H,25,26). The van der Waals surface area contributed by atoms with Crippen molar-refractivity contribution < 1.29 is 0 Å². The van der Waals surface area contributed by atoms with E-state index in [1.54, 1.807) is 13.1 Å². The highest BCUT2D eigenvalue weighted by Crippen LogP contribution is 2.19. The van der Waals surface area contributed by atoms with Crippen LogP contribution in [0.15, 0.2) is 47.3 Å². The second kappa shape index (κ2) is 6.17. The van der Waals surface area contributed by atoms with E-state index in [1.807, 2.05) is 49.4 Å². The molecule has 0 atom stereocenters. The summed E-state index contributed by atoms with van der Waals surface area (Å²) in [5.74, 6) is 0.843. The number of fused-ring (bicyclic) bond motifs is 4. The number of imidazole rings is 2. The van der Waals surface area contributed by atoms with Crippen LogP contribution in [0.4, 0.5) is 5.69 Å². The van der Waals surface area contributed by atoms with Gasteiger partial charge in [-0.3, -0.25) is 9.20 Å². The monoisotopic (exact) mass is 380 g/mol. The molecule has 7 nitrogen and oxygen atoms in total. The first-order valence-electron chi connectivity index (χ1n) is 9.14. The molecule has 0 aliphatic carbocycles. The Kier molecular flexibility index (Phi) is 3.61. The summed E-state index contributed by atoms with van der Waals surface area (Å²) in [4.78, 5) is 25.3. The summed E-state index contributed by atoms with van der Waals surface area (Å²) in [6, 6.07) is 15.3. The van der Waals surface area contributed by atoms with Gasteiger partial charge >= 0.3 is 0 Å². The van der Waals surface area contributed by atoms with Crippen molar-refractivity contribution in [3.05, 3.63) is 75.0 Å². The quantitative estimate of drug-likeness (QED) is 0.491. The number of benzene rings is 2. The molecule has 0 aliphatic heterocycles. The number of aromatic amines is 1. The lowest BCUT2D eigenvalue weighted by Crippen LogP contribution is -2.34. The molecule has 29 heavy (non-hydrogen) atoms. The largest absolute Gasteiger partial charge is 0.361 e. The summed E-state index contributed by atoms with van der Waals surface area (Å²) in [7, 11) is 0. The van der Waals surface area contributed by atoms with Crippen molar-refractivity contribution >= 4 is 39.6 Å². The fourth-order valence-electron chi connectivity index (χ4n) is 3.67. The fraction of sp³-hybridized carbons (Fsp3) is 0.0909. The molecule has 0 fully saturated rings. The zero-order valence-electron chi connectivity index (χ0n) is 15.8. The predicted molar refractivity (Wildman–Crippen MR) is 113 cm³/mol. The third-order valence-electron chi connectivity index (χ3n) is 5.09. The number of nitrogens with zero attached hydrogens (tertiary/aromatic N) is 4. The van der Waals surface area contributed by atoms with Crippen LogP contribution in [0.1, 0.15) is 17.0 Å². The zero-order chi connectivity index (χ0) is 20.1. The van der Waals surface area contributed by atoms with Crippen molar-refractivity contribution in [3.8, 4) is 6.07 Å². The molecule has 2 N–H and O–H groups in total. The van der Waals surface area contributed by atoms with Gasteiger partial charge in [0.2, 0.25) is 0 Å². The lowest BCUT2D eigenvalue weighted by atomic mass is 10.1. The van der Waals surface area contributed by atoms with E-state index in [0.717, 1.165) is 22.5 Å². The molecule has 0 spiro atoms. The van der Waals surface area contributed by atoms with Gasteiger partial charge in [0.25, 0.3) is 5.56 Å². The molecule has 7 heteroatoms. The van der Waals surface area contributed by atoms with Gasteiger partial charge in [-0.1, -0.05) is 12.1 Å². The van der Waals surface area contributed by atoms with Gasteiger partial charge in [0.05, 0.1) is 32.8 Å². The molecule has 5 aromatic rings. The molecule has 2 aromatic carbocycles. The Bertz CT molecular complexity index is 1590. The number of hydrogen-bond donors (Lipinski definition) is 2. The Labute approximate surface area is 164 Å². The number of para-hydroxylation sites is 2. The number of aromatic nitrogens is 4. The van der Waals surface area contributed by atoms with E-state index in [-0.39, 0.29) is 5.56 Å². The van der Waals surface area contributed by atoms with Gasteiger partial charge in [0.1, 0.15) is 11.9 Å². The Hall–Kier alpha value is -4.18. The van der Waals surface area contributed by atoms with Gasteiger partial charge in [-0.25, -0.2) is 9.97 Å². The van der Waals surface area contributed by atoms with E-state index in [2.05, 4.69) is 26.3 Å². The average molecular weight is 380 g/mol. The fourth-order valence-corrected chi connectivity index (χ4v) is 3.67. The summed E-state index contributed by atoms with van der Waals surface area (Å²) in [5, 5.41) is 13.3. The summed E-state index contributed by atoms with van der Waals surface area (Å²) >= 11 is 0. The number of H-pyrrole nitrogens is 1. The molecule has 140 valence electrons. The van der Waals surface area contributed by atoms with Crippen molar-refractivity contribution in [1.29, 1.82) is 5.26 Å². The Morgan fingerprint density at radius 1 is 1.14 bits per heavy atom. The molecule has 0 saturated carbocycles. The van der Waals surface area contributed by atoms with Crippen molar-refractivity contribution in [1.82, 2.24) is 19.4 Å². The van der Waals surface area contributed by atoms with Crippen LogP contribution in [0, 0.1) is 25.2 Å². The van der Waals surface area contributed by atoms with Crippen molar-refractivity contribution in [2.24, 2.45) is 0 Å². The third-order valence-corrected chi connectivity index (χ3v) is 5.09. The zero-order valence-corrected chi connectivity index (χ0v) is 15.8. The van der Waals surface area contributed by atoms with E-state index in [0.29, 0.717) is 33.0 Å². The van der Waals surface area contributed by atoms with Crippen molar-refractivity contribution in [2.75, 3.05) is 5.32 Å². The smallest absolute Gasteiger partial charge is 0.265 e. The first kappa shape index (κ1) is 17.0. The minimum atomic E-state index is -0.212. The van der Waals surface area contributed by atoms with Crippen LogP contribution in [-0.4, -0.2) is 19.4 Å². The number of nitrogens with one attached hydrogen (secondary N) is 2. The maximum absolute atomic E-state index is 13.3. The van der Waals surface area contributed by atoms with E-state index < -0.39 is 0 Å². The predicted octanol–water partition coefficient (Wildman–Crippen LogP) is 2.78. The van der Waals surface area contributed by atoms with Crippen LogP contribution < -0.4 is 16.1 Å². The van der Waals surface area contributed by atoms with Gasteiger partial charge in [-0.15, -0.1) is 0 Å². The van der Waals surface area contributed by atoms with Crippen molar-refractivity contribution in [3.63, 3.8) is 0 Å². The lowest BCUT2D eigenvalue weighted by Gasteiger charge is -2.04. The summed E-state index contributed by atoms with van der Waals surface area (Å²) in [6.07, 6.45) is 1.65. The van der Waals surface area contributed by atoms with E-state index in [4.69, 9.17) is 0 Å².